The van der Waals surface area contributed by atoms with Gasteiger partial charge in [0.15, 0.2) is 0 Å². The van der Waals surface area contributed by atoms with Crippen LogP contribution in [-0.2, 0) is 0 Å². The highest BCUT2D eigenvalue weighted by Crippen LogP contribution is 1.97. The van der Waals surface area contributed by atoms with E-state index in [4.69, 9.17) is 16.6 Å². The Morgan fingerprint density at radius 3 is 2.44 bits per heavy atom. The van der Waals surface area contributed by atoms with Crippen LogP contribution in [0.1, 0.15) is 19.8 Å². The molecule has 1 unspecified atom stereocenters. The topological polar surface area (TPSA) is 72.3 Å². The molecule has 0 aliphatic carbocycles. The third-order valence-electron chi connectivity index (χ3n) is 1.31. The molecule has 0 aliphatic heterocycles. The van der Waals surface area contributed by atoms with Crippen LogP contribution in [0.3, 0.4) is 0 Å². The van der Waals surface area contributed by atoms with Crippen molar-refractivity contribution in [3.05, 3.63) is 0 Å². The van der Waals surface area contributed by atoms with Gasteiger partial charge in [0.2, 0.25) is 0 Å². The molecule has 0 rings (SSSR count). The molecule has 0 aliphatic rings. The predicted octanol–water partition coefficient (Wildman–Crippen LogP) is -0.567. The molecule has 0 spiro atoms. The summed E-state index contributed by atoms with van der Waals surface area (Å²) >= 11 is 0. The summed E-state index contributed by atoms with van der Waals surface area (Å²) in [5.74, 6) is 0. The van der Waals surface area contributed by atoms with Crippen LogP contribution in [0.5, 0.6) is 0 Å². The molecule has 0 heterocycles. The molecule has 5 N–H and O–H groups in total. The average Bonchev–Trinajstić information content (AvgIpc) is 1.82. The lowest BCUT2D eigenvalue weighted by atomic mass is 10.1. The molecule has 0 fully saturated rings. The maximum absolute atomic E-state index is 9.08. The van der Waals surface area contributed by atoms with Crippen LogP contribution < -0.4 is 11.5 Å². The third kappa shape index (κ3) is 4.39. The molecule has 56 valence electrons. The summed E-state index contributed by atoms with van der Waals surface area (Å²) in [6.45, 7) is 2.42. The molecule has 3 nitrogen and oxygen atoms in total. The van der Waals surface area contributed by atoms with Gasteiger partial charge in [0.25, 0.3) is 0 Å². The molecule has 9 heavy (non-hydrogen) atoms. The van der Waals surface area contributed by atoms with Crippen LogP contribution in [0, 0.1) is 0 Å². The Morgan fingerprint density at radius 1 is 1.56 bits per heavy atom. The molecule has 0 saturated heterocycles. The van der Waals surface area contributed by atoms with Crippen LogP contribution in [0.2, 0.25) is 0 Å². The van der Waals surface area contributed by atoms with E-state index in [0.29, 0.717) is 13.0 Å². The molecule has 0 amide bonds. The highest BCUT2D eigenvalue weighted by Gasteiger charge is 2.06. The first-order valence-electron chi connectivity index (χ1n) is 3.32. The van der Waals surface area contributed by atoms with E-state index in [1.165, 1.54) is 0 Å². The Balaban J connectivity index is 3.16. The Bertz CT molecular complexity index is 66.1. The average molecular weight is 132 g/mol. The minimum Gasteiger partial charge on any atom is -0.392 e. The van der Waals surface area contributed by atoms with Gasteiger partial charge in [0.1, 0.15) is 0 Å². The monoisotopic (exact) mass is 132 g/mol. The second kappa shape index (κ2) is 4.73. The van der Waals surface area contributed by atoms with Gasteiger partial charge in [-0.25, -0.2) is 0 Å². The first-order chi connectivity index (χ1) is 4.18. The van der Waals surface area contributed by atoms with Crippen molar-refractivity contribution in [1.82, 2.24) is 0 Å². The minimum absolute atomic E-state index is 0.128. The lowest BCUT2D eigenvalue weighted by Gasteiger charge is -2.12. The van der Waals surface area contributed by atoms with Gasteiger partial charge in [-0.1, -0.05) is 0 Å². The van der Waals surface area contributed by atoms with Crippen LogP contribution in [-0.4, -0.2) is 23.8 Å². The summed E-state index contributed by atoms with van der Waals surface area (Å²) < 4.78 is 0. The van der Waals surface area contributed by atoms with Crippen molar-refractivity contribution in [2.45, 2.75) is 31.9 Å². The summed E-state index contributed by atoms with van der Waals surface area (Å²) in [4.78, 5) is 0. The first kappa shape index (κ1) is 8.88. The highest BCUT2D eigenvalue weighted by molar-refractivity contribution is 4.65. The molecular weight excluding hydrogens is 116 g/mol. The predicted molar refractivity (Wildman–Crippen MR) is 37.9 cm³/mol. The van der Waals surface area contributed by atoms with Crippen molar-refractivity contribution in [2.75, 3.05) is 6.54 Å². The van der Waals surface area contributed by atoms with E-state index in [0.717, 1.165) is 6.42 Å². The van der Waals surface area contributed by atoms with E-state index < -0.39 is 0 Å². The van der Waals surface area contributed by atoms with Crippen molar-refractivity contribution >= 4 is 0 Å². The zero-order valence-electron chi connectivity index (χ0n) is 5.88. The van der Waals surface area contributed by atoms with Gasteiger partial charge >= 0.3 is 0 Å². The smallest absolute Gasteiger partial charge is 0.0688 e. The fourth-order valence-corrected chi connectivity index (χ4v) is 0.590. The van der Waals surface area contributed by atoms with Crippen LogP contribution >= 0.6 is 0 Å². The maximum atomic E-state index is 9.08. The molecule has 0 aromatic heterocycles. The number of nitrogens with two attached hydrogens (primary N) is 2. The van der Waals surface area contributed by atoms with Gasteiger partial charge in [-0.15, -0.1) is 0 Å². The Morgan fingerprint density at radius 2 is 2.11 bits per heavy atom. The van der Waals surface area contributed by atoms with Gasteiger partial charge in [0.05, 0.1) is 6.10 Å². The normalized spacial score (nSPS) is 17.3. The number of hydrogen-bond acceptors (Lipinski definition) is 3. The van der Waals surface area contributed by atoms with Gasteiger partial charge < -0.3 is 16.6 Å². The maximum Gasteiger partial charge on any atom is 0.0688 e. The van der Waals surface area contributed by atoms with Crippen LogP contribution in [0.25, 0.3) is 0 Å². The van der Waals surface area contributed by atoms with Crippen molar-refractivity contribution in [3.8, 4) is 0 Å². The van der Waals surface area contributed by atoms with Crippen molar-refractivity contribution in [3.63, 3.8) is 0 Å². The molecule has 3 heteroatoms. The zero-order chi connectivity index (χ0) is 7.28. The van der Waals surface area contributed by atoms with Crippen molar-refractivity contribution < 1.29 is 5.11 Å². The van der Waals surface area contributed by atoms with Crippen molar-refractivity contribution in [2.24, 2.45) is 11.5 Å². The standard InChI is InChI=1S/C6H16N2O/c1-5(8)6(9)3-2-4-7/h5-6,9H,2-4,7-8H2,1H3/t5-,6?/m1/s1. The number of aliphatic hydroxyl groups is 1. The van der Waals surface area contributed by atoms with Crippen LogP contribution in [0.15, 0.2) is 0 Å². The molecule has 2 atom stereocenters. The molecule has 0 aromatic carbocycles. The van der Waals surface area contributed by atoms with E-state index in [-0.39, 0.29) is 12.1 Å². The number of rotatable bonds is 4. The van der Waals surface area contributed by atoms with E-state index in [1.54, 1.807) is 6.92 Å². The third-order valence-corrected chi connectivity index (χ3v) is 1.31. The first-order valence-corrected chi connectivity index (χ1v) is 3.32. The second-order valence-corrected chi connectivity index (χ2v) is 2.36. The second-order valence-electron chi connectivity index (χ2n) is 2.36. The Hall–Kier alpha value is -0.120. The fraction of sp³-hybridized carbons (Fsp3) is 1.00. The van der Waals surface area contributed by atoms with E-state index in [2.05, 4.69) is 0 Å². The summed E-state index contributed by atoms with van der Waals surface area (Å²) in [7, 11) is 0. The van der Waals surface area contributed by atoms with Crippen molar-refractivity contribution in [1.29, 1.82) is 0 Å². The summed E-state index contributed by atoms with van der Waals surface area (Å²) in [5, 5.41) is 9.08. The quantitative estimate of drug-likeness (QED) is 0.480. The van der Waals surface area contributed by atoms with E-state index in [1.807, 2.05) is 0 Å². The Kier molecular flexibility index (Phi) is 4.67. The van der Waals surface area contributed by atoms with E-state index in [9.17, 15) is 0 Å². The molecule has 0 radical (unpaired) electrons. The zero-order valence-corrected chi connectivity index (χ0v) is 5.88. The molecule has 0 saturated carbocycles. The molecular formula is C6H16N2O. The Labute approximate surface area is 56.0 Å². The summed E-state index contributed by atoms with van der Waals surface area (Å²) in [6.07, 6.45) is 1.19. The minimum atomic E-state index is -0.381. The highest BCUT2D eigenvalue weighted by atomic mass is 16.3. The lowest BCUT2D eigenvalue weighted by molar-refractivity contribution is 0.139. The number of hydrogen-bond donors (Lipinski definition) is 3. The molecule has 0 aromatic rings. The lowest BCUT2D eigenvalue weighted by Crippen LogP contribution is -2.31. The summed E-state index contributed by atoms with van der Waals surface area (Å²) in [6, 6.07) is -0.128. The number of aliphatic hydroxyl groups excluding tert-OH is 1. The van der Waals surface area contributed by atoms with Crippen LogP contribution in [0.4, 0.5) is 0 Å². The summed E-state index contributed by atoms with van der Waals surface area (Å²) in [5.41, 5.74) is 10.6. The van der Waals surface area contributed by atoms with Gasteiger partial charge in [-0.3, -0.25) is 0 Å². The molecule has 0 bridgehead atoms. The van der Waals surface area contributed by atoms with Gasteiger partial charge in [-0.05, 0) is 26.3 Å². The fourth-order valence-electron chi connectivity index (χ4n) is 0.590. The SMILES string of the molecule is C[C@@H](N)C(O)CCCN. The van der Waals surface area contributed by atoms with Gasteiger partial charge in [0, 0.05) is 6.04 Å². The largest absolute Gasteiger partial charge is 0.392 e. The van der Waals surface area contributed by atoms with Gasteiger partial charge in [-0.2, -0.15) is 0 Å². The van der Waals surface area contributed by atoms with E-state index >= 15 is 0 Å².